The highest BCUT2D eigenvalue weighted by Gasteiger charge is 2.24. The zero-order valence-corrected chi connectivity index (χ0v) is 77.1. The van der Waals surface area contributed by atoms with Crippen molar-refractivity contribution in [3.8, 4) is 65.1 Å². The van der Waals surface area contributed by atoms with Crippen molar-refractivity contribution < 1.29 is 28.4 Å². The number of fused-ring (bicyclic) bond motifs is 6. The third-order valence-electron chi connectivity index (χ3n) is 23.0. The van der Waals surface area contributed by atoms with Gasteiger partial charge in [-0.25, -0.2) is 0 Å². The highest BCUT2D eigenvalue weighted by molar-refractivity contribution is 7.42. The number of unbranched alkanes of at least 4 members (excludes halogenated alkanes) is 54. The lowest BCUT2D eigenvalue weighted by Crippen LogP contribution is -2.06. The van der Waals surface area contributed by atoms with Crippen molar-refractivity contribution in [1.29, 1.82) is 0 Å². The van der Waals surface area contributed by atoms with Crippen molar-refractivity contribution in [2.45, 2.75) is 427 Å². The molecule has 6 nitrogen and oxygen atoms in total. The first kappa shape index (κ1) is 94.0. The van der Waals surface area contributed by atoms with Gasteiger partial charge in [0.15, 0.2) is 23.0 Å². The molecule has 0 aliphatic heterocycles. The summed E-state index contributed by atoms with van der Waals surface area (Å²) in [5.74, 6) is 5.02. The molecule has 0 radical (unpaired) electrons. The van der Waals surface area contributed by atoms with Crippen molar-refractivity contribution in [3.05, 3.63) is 48.5 Å². The molecule has 0 aliphatic carbocycles. The molecule has 8 rings (SSSR count). The molecule has 112 heavy (non-hydrogen) atoms. The average Bonchev–Trinajstić information content (AvgIpc) is 1.58. The molecule has 12 heteroatoms. The third kappa shape index (κ3) is 35.6. The fourth-order valence-corrected chi connectivity index (χ4v) is 24.1. The molecule has 0 bridgehead atoms. The molecule has 0 unspecified atom stereocenters. The number of rotatable bonds is 75. The average molecular weight is 1650 g/mol. The molecule has 0 amide bonds. The summed E-state index contributed by atoms with van der Waals surface area (Å²) in [4.78, 5) is 5.28. The maximum atomic E-state index is 6.93. The summed E-state index contributed by atoms with van der Waals surface area (Å²) >= 11 is 11.7. The maximum Gasteiger partial charge on any atom is 0.203 e. The highest BCUT2D eigenvalue weighted by Crippen LogP contribution is 2.54. The summed E-state index contributed by atoms with van der Waals surface area (Å²) in [7, 11) is 0. The molecule has 6 heterocycles. The monoisotopic (exact) mass is 1650 g/mol. The fourth-order valence-electron chi connectivity index (χ4n) is 16.0. The Morgan fingerprint density at radius 1 is 0.170 bits per heavy atom. The quantitative estimate of drug-likeness (QED) is 0.0354. The summed E-state index contributed by atoms with van der Waals surface area (Å²) in [6.45, 7) is 18.0. The van der Waals surface area contributed by atoms with Gasteiger partial charge in [-0.3, -0.25) is 0 Å². The zero-order chi connectivity index (χ0) is 78.4. The van der Waals surface area contributed by atoms with E-state index >= 15 is 0 Å². The second-order valence-corrected chi connectivity index (χ2v) is 39.6. The van der Waals surface area contributed by atoms with E-state index in [1.54, 1.807) is 0 Å². The molecule has 0 spiro atoms. The Morgan fingerprint density at radius 3 is 0.527 bits per heavy atom. The van der Waals surface area contributed by atoms with Crippen LogP contribution in [0.2, 0.25) is 0 Å². The van der Waals surface area contributed by atoms with E-state index < -0.39 is 0 Å². The van der Waals surface area contributed by atoms with Gasteiger partial charge in [-0.05, 0) is 98.2 Å². The number of thiophene rings is 6. The Hall–Kier alpha value is -3.52. The van der Waals surface area contributed by atoms with Crippen molar-refractivity contribution in [1.82, 2.24) is 0 Å². The van der Waals surface area contributed by atoms with Crippen LogP contribution < -0.4 is 28.4 Å². The number of benzene rings is 2. The predicted octanol–water partition coefficient (Wildman–Crippen LogP) is 37.5. The summed E-state index contributed by atoms with van der Waals surface area (Å²) in [6.07, 6.45) is 78.3. The van der Waals surface area contributed by atoms with E-state index in [1.165, 1.54) is 415 Å². The summed E-state index contributed by atoms with van der Waals surface area (Å²) in [6, 6.07) is 19.0. The smallest absolute Gasteiger partial charge is 0.203 e. The van der Waals surface area contributed by atoms with E-state index in [4.69, 9.17) is 28.4 Å². The van der Waals surface area contributed by atoms with Gasteiger partial charge < -0.3 is 28.4 Å². The minimum Gasteiger partial charge on any atom is -0.490 e. The Balaban J connectivity index is 1.01. The van der Waals surface area contributed by atoms with E-state index in [0.717, 1.165) is 73.0 Å². The van der Waals surface area contributed by atoms with Crippen LogP contribution in [0.5, 0.6) is 34.5 Å². The van der Waals surface area contributed by atoms with E-state index in [1.807, 2.05) is 68.0 Å². The second-order valence-electron chi connectivity index (χ2n) is 33.2. The van der Waals surface area contributed by atoms with Crippen LogP contribution in [-0.2, 0) is 0 Å². The number of hydrogen-bond acceptors (Lipinski definition) is 12. The molecular formula is C100H158O6S6. The lowest BCUT2D eigenvalue weighted by Gasteiger charge is -2.19. The molecule has 2 aromatic carbocycles. The van der Waals surface area contributed by atoms with Crippen LogP contribution in [0, 0.1) is 0 Å². The summed E-state index contributed by atoms with van der Waals surface area (Å²) < 4.78 is 52.6. The van der Waals surface area contributed by atoms with Crippen molar-refractivity contribution >= 4 is 106 Å². The third-order valence-corrected chi connectivity index (χ3v) is 30.9. The Labute approximate surface area is 708 Å². The molecule has 6 aromatic heterocycles. The molecule has 0 fully saturated rings. The SMILES string of the molecule is CCCCCCCCCCCCOc1cc(-c2cc3sc4cc(-c5cc6sc7cc(-c8cc(OCCCCCCCCCCCC)c(OCCCCCCCCCCCC)c(OCCCCCCCCCCCC)c8)sc7c6s5)sc4c3s2)cc(OCCCCCCCCCCCC)c1OCCCCCCCCCCCC. The minimum atomic E-state index is 0.685. The van der Waals surface area contributed by atoms with Crippen LogP contribution in [0.3, 0.4) is 0 Å². The number of ether oxygens (including phenoxy) is 6. The van der Waals surface area contributed by atoms with E-state index in [2.05, 4.69) is 90.1 Å². The summed E-state index contributed by atoms with van der Waals surface area (Å²) in [5, 5.41) is 0. The molecule has 630 valence electrons. The van der Waals surface area contributed by atoms with Crippen LogP contribution in [0.1, 0.15) is 427 Å². The van der Waals surface area contributed by atoms with Crippen molar-refractivity contribution in [2.75, 3.05) is 39.6 Å². The molecule has 0 N–H and O–H groups in total. The van der Waals surface area contributed by atoms with Crippen LogP contribution in [-0.4, -0.2) is 39.6 Å². The molecule has 0 saturated carbocycles. The van der Waals surface area contributed by atoms with Crippen LogP contribution in [0.4, 0.5) is 0 Å². The molecule has 0 aliphatic rings. The van der Waals surface area contributed by atoms with E-state index in [0.29, 0.717) is 39.6 Å². The van der Waals surface area contributed by atoms with Crippen LogP contribution >= 0.6 is 68.0 Å². The standard InChI is InChI=1S/C100H158O6S6/c1-7-13-19-25-31-37-43-49-55-61-67-101-83-73-81(74-84(102-68-62-56-50-44-38-32-26-20-14-8-2)95(83)105-71-65-59-53-47-41-35-29-23-17-11-5)87-77-91-97(109-87)99-93(107-91)79-89(111-99)90-80-94-100(112-90)98-92(108-94)78-88(110-98)82-75-85(103-69-63-57-51-45-39-33-27-21-15-9-3)96(106-72-66-60-54-48-42-36-30-24-18-12-6)86(76-82)104-70-64-58-52-46-40-34-28-22-16-10-4/h73-80H,7-72H2,1-6H3. The predicted molar refractivity (Wildman–Crippen MR) is 504 cm³/mol. The zero-order valence-electron chi connectivity index (χ0n) is 72.2. The first-order valence-corrected chi connectivity index (χ1v) is 52.4. The normalized spacial score (nSPS) is 11.9. The molecular weight excluding hydrogens is 1490 g/mol. The van der Waals surface area contributed by atoms with Gasteiger partial charge >= 0.3 is 0 Å². The van der Waals surface area contributed by atoms with Crippen molar-refractivity contribution in [3.63, 3.8) is 0 Å². The lowest BCUT2D eigenvalue weighted by molar-refractivity contribution is 0.234. The highest BCUT2D eigenvalue weighted by atomic mass is 32.1. The molecule has 0 saturated heterocycles. The lowest BCUT2D eigenvalue weighted by atomic mass is 10.1. The topological polar surface area (TPSA) is 55.4 Å². The van der Waals surface area contributed by atoms with Gasteiger partial charge in [0, 0.05) is 38.3 Å². The van der Waals surface area contributed by atoms with Gasteiger partial charge in [-0.15, -0.1) is 68.0 Å². The molecule has 8 aromatic rings. The van der Waals surface area contributed by atoms with Crippen LogP contribution in [0.15, 0.2) is 48.5 Å². The van der Waals surface area contributed by atoms with Gasteiger partial charge in [0.25, 0.3) is 0 Å². The second kappa shape index (κ2) is 60.0. The van der Waals surface area contributed by atoms with Crippen LogP contribution in [0.25, 0.3) is 68.2 Å². The van der Waals surface area contributed by atoms with Gasteiger partial charge in [0.2, 0.25) is 11.5 Å². The Kier molecular flexibility index (Phi) is 50.4. The largest absolute Gasteiger partial charge is 0.490 e. The number of hydrogen-bond donors (Lipinski definition) is 0. The van der Waals surface area contributed by atoms with Gasteiger partial charge in [-0.2, -0.15) is 0 Å². The Bertz CT molecular complexity index is 3300. The maximum absolute atomic E-state index is 6.93. The van der Waals surface area contributed by atoms with E-state index in [-0.39, 0.29) is 0 Å². The first-order chi connectivity index (χ1) is 55.5. The Morgan fingerprint density at radius 2 is 0.330 bits per heavy atom. The summed E-state index contributed by atoms with van der Waals surface area (Å²) in [5.41, 5.74) is 2.34. The van der Waals surface area contributed by atoms with Crippen molar-refractivity contribution in [2.24, 2.45) is 0 Å². The minimum absolute atomic E-state index is 0.685. The van der Waals surface area contributed by atoms with Gasteiger partial charge in [0.05, 0.1) is 58.4 Å². The van der Waals surface area contributed by atoms with Gasteiger partial charge in [-0.1, -0.05) is 388 Å². The van der Waals surface area contributed by atoms with Gasteiger partial charge in [0.1, 0.15) is 0 Å². The molecule has 0 atom stereocenters. The first-order valence-electron chi connectivity index (χ1n) is 47.5. The van der Waals surface area contributed by atoms with E-state index in [9.17, 15) is 0 Å². The fraction of sp³-hybridized carbons (Fsp3) is 0.720.